The lowest BCUT2D eigenvalue weighted by molar-refractivity contribution is 0.581. The van der Waals surface area contributed by atoms with E-state index >= 15 is 0 Å². The fourth-order valence-corrected chi connectivity index (χ4v) is 1.07. The standard InChI is InChI=1S/C10H16N2/c1-8(2)3-4-10-7-9(11)5-6-12-10/h5-8H,3-4H2,1-2H3,(H2,11,12). The number of pyridine rings is 1. The van der Waals surface area contributed by atoms with Gasteiger partial charge in [-0.2, -0.15) is 0 Å². The average Bonchev–Trinajstić information content (AvgIpc) is 2.01. The van der Waals surface area contributed by atoms with Crippen LogP contribution >= 0.6 is 0 Å². The summed E-state index contributed by atoms with van der Waals surface area (Å²) in [6.45, 7) is 4.43. The predicted molar refractivity (Wildman–Crippen MR) is 51.8 cm³/mol. The SMILES string of the molecule is CC(C)CCc1cc(N)ccn1. The van der Waals surface area contributed by atoms with Crippen molar-refractivity contribution in [2.24, 2.45) is 5.92 Å². The Hall–Kier alpha value is -1.05. The lowest BCUT2D eigenvalue weighted by atomic mass is 10.1. The quantitative estimate of drug-likeness (QED) is 0.744. The van der Waals surface area contributed by atoms with Gasteiger partial charge >= 0.3 is 0 Å². The van der Waals surface area contributed by atoms with Crippen LogP contribution in [-0.2, 0) is 6.42 Å². The number of hydrogen-bond donors (Lipinski definition) is 1. The summed E-state index contributed by atoms with van der Waals surface area (Å²) in [5, 5.41) is 0. The van der Waals surface area contributed by atoms with Crippen LogP contribution in [0.5, 0.6) is 0 Å². The molecule has 1 aromatic heterocycles. The van der Waals surface area contributed by atoms with Crippen LogP contribution in [0.1, 0.15) is 26.0 Å². The van der Waals surface area contributed by atoms with Gasteiger partial charge in [0.25, 0.3) is 0 Å². The summed E-state index contributed by atoms with van der Waals surface area (Å²) in [7, 11) is 0. The van der Waals surface area contributed by atoms with Crippen molar-refractivity contribution in [3.8, 4) is 0 Å². The van der Waals surface area contributed by atoms with Crippen molar-refractivity contribution in [3.63, 3.8) is 0 Å². The number of nitrogens with two attached hydrogens (primary N) is 1. The number of anilines is 1. The second-order valence-corrected chi connectivity index (χ2v) is 3.51. The van der Waals surface area contributed by atoms with E-state index in [-0.39, 0.29) is 0 Å². The number of rotatable bonds is 3. The van der Waals surface area contributed by atoms with E-state index in [0.717, 1.165) is 23.7 Å². The van der Waals surface area contributed by atoms with E-state index in [1.54, 1.807) is 6.20 Å². The summed E-state index contributed by atoms with van der Waals surface area (Å²) in [6, 6.07) is 3.77. The molecule has 1 heterocycles. The van der Waals surface area contributed by atoms with E-state index in [2.05, 4.69) is 18.8 Å². The molecule has 0 atom stereocenters. The topological polar surface area (TPSA) is 38.9 Å². The van der Waals surface area contributed by atoms with Crippen LogP contribution in [0.15, 0.2) is 18.3 Å². The molecule has 0 aliphatic heterocycles. The van der Waals surface area contributed by atoms with Crippen LogP contribution < -0.4 is 5.73 Å². The number of aryl methyl sites for hydroxylation is 1. The van der Waals surface area contributed by atoms with Gasteiger partial charge in [-0.1, -0.05) is 13.8 Å². The summed E-state index contributed by atoms with van der Waals surface area (Å²) in [5.74, 6) is 0.730. The molecule has 0 unspecified atom stereocenters. The second-order valence-electron chi connectivity index (χ2n) is 3.51. The van der Waals surface area contributed by atoms with Crippen LogP contribution in [0.2, 0.25) is 0 Å². The minimum atomic E-state index is 0.730. The minimum absolute atomic E-state index is 0.730. The Kier molecular flexibility index (Phi) is 3.09. The number of nitrogen functional groups attached to an aromatic ring is 1. The first kappa shape index (κ1) is 9.04. The zero-order valence-corrected chi connectivity index (χ0v) is 7.75. The molecular formula is C10H16N2. The number of hydrogen-bond acceptors (Lipinski definition) is 2. The molecule has 0 aliphatic rings. The summed E-state index contributed by atoms with van der Waals surface area (Å²) in [4.78, 5) is 4.23. The van der Waals surface area contributed by atoms with Gasteiger partial charge in [0.05, 0.1) is 0 Å². The smallest absolute Gasteiger partial charge is 0.0424 e. The van der Waals surface area contributed by atoms with Gasteiger partial charge in [-0.05, 0) is 30.9 Å². The van der Waals surface area contributed by atoms with Crippen LogP contribution in [0.25, 0.3) is 0 Å². The number of nitrogens with zero attached hydrogens (tertiary/aromatic N) is 1. The molecule has 12 heavy (non-hydrogen) atoms. The molecule has 0 aromatic carbocycles. The first-order valence-corrected chi connectivity index (χ1v) is 4.39. The summed E-state index contributed by atoms with van der Waals surface area (Å²) < 4.78 is 0. The van der Waals surface area contributed by atoms with Gasteiger partial charge in [-0.25, -0.2) is 0 Å². The second kappa shape index (κ2) is 4.10. The molecule has 2 heteroatoms. The molecule has 0 fully saturated rings. The van der Waals surface area contributed by atoms with Gasteiger partial charge in [0.2, 0.25) is 0 Å². The third-order valence-electron chi connectivity index (χ3n) is 1.82. The Labute approximate surface area is 73.8 Å². The van der Waals surface area contributed by atoms with Crippen molar-refractivity contribution in [1.29, 1.82) is 0 Å². The van der Waals surface area contributed by atoms with Crippen molar-refractivity contribution >= 4 is 5.69 Å². The van der Waals surface area contributed by atoms with E-state index in [4.69, 9.17) is 5.73 Å². The van der Waals surface area contributed by atoms with Crippen LogP contribution in [-0.4, -0.2) is 4.98 Å². The van der Waals surface area contributed by atoms with E-state index in [0.29, 0.717) is 0 Å². The lowest BCUT2D eigenvalue weighted by Gasteiger charge is -2.03. The Balaban J connectivity index is 2.52. The molecule has 2 N–H and O–H groups in total. The molecule has 0 radical (unpaired) electrons. The van der Waals surface area contributed by atoms with Crippen molar-refractivity contribution in [3.05, 3.63) is 24.0 Å². The predicted octanol–water partition coefficient (Wildman–Crippen LogP) is 2.25. The average molecular weight is 164 g/mol. The van der Waals surface area contributed by atoms with Crippen molar-refractivity contribution in [2.45, 2.75) is 26.7 Å². The Bertz CT molecular complexity index is 243. The maximum Gasteiger partial charge on any atom is 0.0424 e. The van der Waals surface area contributed by atoms with Crippen LogP contribution in [0.4, 0.5) is 5.69 Å². The highest BCUT2D eigenvalue weighted by Crippen LogP contribution is 2.09. The molecule has 66 valence electrons. The Morgan fingerprint density at radius 2 is 2.25 bits per heavy atom. The largest absolute Gasteiger partial charge is 0.399 e. The van der Waals surface area contributed by atoms with Gasteiger partial charge in [0.1, 0.15) is 0 Å². The van der Waals surface area contributed by atoms with Crippen molar-refractivity contribution in [1.82, 2.24) is 4.98 Å². The Morgan fingerprint density at radius 3 is 2.83 bits per heavy atom. The summed E-state index contributed by atoms with van der Waals surface area (Å²) in [6.07, 6.45) is 3.98. The van der Waals surface area contributed by atoms with E-state index < -0.39 is 0 Å². The van der Waals surface area contributed by atoms with Gasteiger partial charge in [-0.3, -0.25) is 4.98 Å². The Morgan fingerprint density at radius 1 is 1.50 bits per heavy atom. The monoisotopic (exact) mass is 164 g/mol. The molecule has 0 aliphatic carbocycles. The molecule has 1 rings (SSSR count). The normalized spacial score (nSPS) is 10.6. The van der Waals surface area contributed by atoms with E-state index in [9.17, 15) is 0 Å². The van der Waals surface area contributed by atoms with Gasteiger partial charge in [0.15, 0.2) is 0 Å². The van der Waals surface area contributed by atoms with E-state index in [1.807, 2.05) is 12.1 Å². The molecule has 0 saturated heterocycles. The highest BCUT2D eigenvalue weighted by molar-refractivity contribution is 5.37. The fourth-order valence-electron chi connectivity index (χ4n) is 1.07. The molecular weight excluding hydrogens is 148 g/mol. The maximum atomic E-state index is 5.62. The lowest BCUT2D eigenvalue weighted by Crippen LogP contribution is -1.96. The maximum absolute atomic E-state index is 5.62. The fraction of sp³-hybridized carbons (Fsp3) is 0.500. The van der Waals surface area contributed by atoms with Crippen molar-refractivity contribution < 1.29 is 0 Å². The highest BCUT2D eigenvalue weighted by Gasteiger charge is 1.97. The summed E-state index contributed by atoms with van der Waals surface area (Å²) >= 11 is 0. The third kappa shape index (κ3) is 2.91. The van der Waals surface area contributed by atoms with Gasteiger partial charge in [0, 0.05) is 17.6 Å². The molecule has 0 amide bonds. The van der Waals surface area contributed by atoms with Crippen LogP contribution in [0.3, 0.4) is 0 Å². The number of aromatic nitrogens is 1. The zero-order chi connectivity index (χ0) is 8.97. The van der Waals surface area contributed by atoms with Gasteiger partial charge < -0.3 is 5.73 Å². The van der Waals surface area contributed by atoms with Crippen molar-refractivity contribution in [2.75, 3.05) is 5.73 Å². The van der Waals surface area contributed by atoms with Crippen LogP contribution in [0, 0.1) is 5.92 Å². The van der Waals surface area contributed by atoms with E-state index in [1.165, 1.54) is 6.42 Å². The zero-order valence-electron chi connectivity index (χ0n) is 7.75. The molecule has 0 bridgehead atoms. The third-order valence-corrected chi connectivity index (χ3v) is 1.82. The molecule has 0 spiro atoms. The van der Waals surface area contributed by atoms with Gasteiger partial charge in [-0.15, -0.1) is 0 Å². The minimum Gasteiger partial charge on any atom is -0.399 e. The molecule has 1 aromatic rings. The molecule has 0 saturated carbocycles. The molecule has 2 nitrogen and oxygen atoms in total. The summed E-state index contributed by atoms with van der Waals surface area (Å²) in [5.41, 5.74) is 7.53. The first-order chi connectivity index (χ1) is 5.68. The first-order valence-electron chi connectivity index (χ1n) is 4.39. The highest BCUT2D eigenvalue weighted by atomic mass is 14.7.